The van der Waals surface area contributed by atoms with E-state index in [0.717, 1.165) is 5.56 Å². The summed E-state index contributed by atoms with van der Waals surface area (Å²) in [6.45, 7) is 2.50. The van der Waals surface area contributed by atoms with E-state index < -0.39 is 22.6 Å². The molecule has 5 rings (SSSR count). The number of anilines is 2. The topological polar surface area (TPSA) is 101 Å². The minimum Gasteiger partial charge on any atom is -0.435 e. The van der Waals surface area contributed by atoms with Gasteiger partial charge in [0.15, 0.2) is 11.6 Å². The van der Waals surface area contributed by atoms with Gasteiger partial charge in [0.1, 0.15) is 11.0 Å². The molecular formula is C27H28F2N6O2S. The highest BCUT2D eigenvalue weighted by Gasteiger charge is 2.19. The lowest BCUT2D eigenvalue weighted by atomic mass is 10.2. The molecule has 11 heteroatoms. The molecule has 3 heterocycles. The Morgan fingerprint density at radius 1 is 0.947 bits per heavy atom. The molecule has 1 aliphatic heterocycles. The molecule has 1 atom stereocenters. The van der Waals surface area contributed by atoms with Crippen molar-refractivity contribution in [2.24, 2.45) is 0 Å². The van der Waals surface area contributed by atoms with Gasteiger partial charge in [0, 0.05) is 19.4 Å². The fourth-order valence-electron chi connectivity index (χ4n) is 3.60. The first kappa shape index (κ1) is 27.1. The van der Waals surface area contributed by atoms with E-state index in [1.54, 1.807) is 43.6 Å². The smallest absolute Gasteiger partial charge is 0.228 e. The molecule has 0 aliphatic carbocycles. The highest BCUT2D eigenvalue weighted by molar-refractivity contribution is 7.85. The molecule has 0 amide bonds. The molecule has 0 spiro atoms. The number of benzene rings is 2. The summed E-state index contributed by atoms with van der Waals surface area (Å²) < 4.78 is 49.9. The summed E-state index contributed by atoms with van der Waals surface area (Å²) in [6, 6.07) is 16.6. The first-order chi connectivity index (χ1) is 18.5. The summed E-state index contributed by atoms with van der Waals surface area (Å²) >= 11 is 0. The van der Waals surface area contributed by atoms with E-state index >= 15 is 0 Å². The van der Waals surface area contributed by atoms with E-state index in [0.29, 0.717) is 17.2 Å². The van der Waals surface area contributed by atoms with Crippen molar-refractivity contribution in [3.05, 3.63) is 90.3 Å². The van der Waals surface area contributed by atoms with Gasteiger partial charge in [0.05, 0.1) is 22.7 Å². The van der Waals surface area contributed by atoms with Crippen LogP contribution < -0.4 is 20.1 Å². The summed E-state index contributed by atoms with van der Waals surface area (Å²) in [5.74, 6) is -2.22. The molecule has 0 radical (unpaired) electrons. The minimum absolute atomic E-state index is 0.0462. The molecule has 0 saturated carbocycles. The van der Waals surface area contributed by atoms with E-state index in [4.69, 9.17) is 4.74 Å². The zero-order valence-corrected chi connectivity index (χ0v) is 21.6. The summed E-state index contributed by atoms with van der Waals surface area (Å²) in [5, 5.41) is 6.06. The fraction of sp³-hybridized carbons (Fsp3) is 0.222. The number of hydrogen-bond acceptors (Lipinski definition) is 7. The van der Waals surface area contributed by atoms with Gasteiger partial charge in [0.2, 0.25) is 17.6 Å². The molecule has 198 valence electrons. The highest BCUT2D eigenvalue weighted by Crippen LogP contribution is 2.34. The number of halogens is 2. The van der Waals surface area contributed by atoms with Crippen molar-refractivity contribution < 1.29 is 17.7 Å². The molecule has 1 unspecified atom stereocenters. The number of hydrogen-bond donors (Lipinski definition) is 3. The van der Waals surface area contributed by atoms with Gasteiger partial charge in [-0.15, -0.1) is 0 Å². The monoisotopic (exact) mass is 538 g/mol. The Balaban J connectivity index is 0.000000603. The second-order valence-corrected chi connectivity index (χ2v) is 9.43. The molecule has 2 aromatic carbocycles. The number of aromatic nitrogens is 3. The average Bonchev–Trinajstić information content (AvgIpc) is 3.54. The Labute approximate surface area is 222 Å². The molecule has 1 aliphatic rings. The third kappa shape index (κ3) is 7.30. The maximum absolute atomic E-state index is 14.8. The molecule has 1 saturated heterocycles. The van der Waals surface area contributed by atoms with Crippen LogP contribution in [0, 0.1) is 11.6 Å². The zero-order valence-electron chi connectivity index (χ0n) is 20.8. The Hall–Kier alpha value is -3.96. The third-order valence-electron chi connectivity index (χ3n) is 5.50. The van der Waals surface area contributed by atoms with Gasteiger partial charge in [-0.3, -0.25) is 0 Å². The Morgan fingerprint density at radius 2 is 1.74 bits per heavy atom. The van der Waals surface area contributed by atoms with Crippen molar-refractivity contribution in [3.8, 4) is 22.9 Å². The van der Waals surface area contributed by atoms with E-state index in [2.05, 4.69) is 30.3 Å². The normalized spacial score (nSPS) is 13.2. The van der Waals surface area contributed by atoms with Crippen molar-refractivity contribution in [3.63, 3.8) is 0 Å². The fourth-order valence-corrected chi connectivity index (χ4v) is 4.57. The van der Waals surface area contributed by atoms with Crippen LogP contribution in [0.5, 0.6) is 11.6 Å². The number of rotatable bonds is 8. The summed E-state index contributed by atoms with van der Waals surface area (Å²) in [7, 11) is 0.0341. The number of pyridine rings is 1. The van der Waals surface area contributed by atoms with Crippen molar-refractivity contribution in [1.29, 1.82) is 0 Å². The van der Waals surface area contributed by atoms with E-state index in [-0.39, 0.29) is 23.1 Å². The van der Waals surface area contributed by atoms with Crippen LogP contribution in [0.4, 0.5) is 20.4 Å². The second-order valence-electron chi connectivity index (χ2n) is 8.25. The molecular weight excluding hydrogens is 510 g/mol. The lowest BCUT2D eigenvalue weighted by Crippen LogP contribution is -2.09. The lowest BCUT2D eigenvalue weighted by molar-refractivity contribution is 0.408. The number of nitrogens with one attached hydrogen (secondary N) is 3. The quantitative estimate of drug-likeness (QED) is 0.280. The van der Waals surface area contributed by atoms with Gasteiger partial charge in [-0.25, -0.2) is 23.6 Å². The van der Waals surface area contributed by atoms with Crippen LogP contribution >= 0.6 is 0 Å². The summed E-state index contributed by atoms with van der Waals surface area (Å²) in [6.07, 6.45) is 5.80. The average molecular weight is 539 g/mol. The summed E-state index contributed by atoms with van der Waals surface area (Å²) in [5.41, 5.74) is 1.54. The minimum atomic E-state index is -1.65. The maximum Gasteiger partial charge on any atom is 0.228 e. The van der Waals surface area contributed by atoms with Crippen LogP contribution in [-0.2, 0) is 16.7 Å². The Morgan fingerprint density at radius 3 is 2.45 bits per heavy atom. The van der Waals surface area contributed by atoms with Crippen LogP contribution in [-0.4, -0.2) is 39.3 Å². The van der Waals surface area contributed by atoms with Crippen LogP contribution in [0.2, 0.25) is 0 Å². The molecule has 4 aromatic rings. The number of ether oxygens (including phenoxy) is 1. The van der Waals surface area contributed by atoms with Gasteiger partial charge in [0.25, 0.3) is 0 Å². The SMILES string of the molecule is C1CCNC1.CNc1nccc(-c2cccnc2Oc2ccc(NS(=O)Cc3ccccc3)c(F)c2F)n1. The largest absolute Gasteiger partial charge is 0.435 e. The van der Waals surface area contributed by atoms with E-state index in [1.165, 1.54) is 44.3 Å². The van der Waals surface area contributed by atoms with Crippen LogP contribution in [0.1, 0.15) is 18.4 Å². The third-order valence-corrected chi connectivity index (χ3v) is 6.54. The Bertz CT molecular complexity index is 1370. The van der Waals surface area contributed by atoms with Gasteiger partial charge < -0.3 is 20.1 Å². The van der Waals surface area contributed by atoms with Crippen LogP contribution in [0.25, 0.3) is 11.3 Å². The van der Waals surface area contributed by atoms with Crippen LogP contribution in [0.3, 0.4) is 0 Å². The van der Waals surface area contributed by atoms with Crippen molar-refractivity contribution in [1.82, 2.24) is 20.3 Å². The van der Waals surface area contributed by atoms with Gasteiger partial charge in [-0.05, 0) is 61.8 Å². The summed E-state index contributed by atoms with van der Waals surface area (Å²) in [4.78, 5) is 12.5. The predicted molar refractivity (Wildman–Crippen MR) is 145 cm³/mol. The lowest BCUT2D eigenvalue weighted by Gasteiger charge is -2.13. The first-order valence-electron chi connectivity index (χ1n) is 12.1. The van der Waals surface area contributed by atoms with Crippen molar-refractivity contribution in [2.45, 2.75) is 18.6 Å². The standard InChI is InChI=1S/C23H19F2N5O2S.C4H9N/c1-26-23-28-13-11-17(29-23)16-8-5-12-27-22(16)32-19-10-9-18(20(24)21(19)25)30-33(31)14-15-6-3-2-4-7-15;1-2-4-5-3-1/h2-13,30H,14H2,1H3,(H,26,28,29);5H,1-4H2. The number of nitrogens with zero attached hydrogens (tertiary/aromatic N) is 3. The van der Waals surface area contributed by atoms with E-state index in [9.17, 15) is 13.0 Å². The predicted octanol–water partition coefficient (Wildman–Crippen LogP) is 5.30. The Kier molecular flexibility index (Phi) is 9.65. The van der Waals surface area contributed by atoms with Crippen molar-refractivity contribution in [2.75, 3.05) is 30.2 Å². The molecule has 0 bridgehead atoms. The van der Waals surface area contributed by atoms with Crippen LogP contribution in [0.15, 0.2) is 73.1 Å². The zero-order chi connectivity index (χ0) is 26.7. The molecule has 8 nitrogen and oxygen atoms in total. The molecule has 1 fully saturated rings. The first-order valence-corrected chi connectivity index (χ1v) is 13.4. The van der Waals surface area contributed by atoms with Gasteiger partial charge in [-0.2, -0.15) is 4.39 Å². The molecule has 38 heavy (non-hydrogen) atoms. The van der Waals surface area contributed by atoms with Crippen molar-refractivity contribution >= 4 is 22.6 Å². The molecule has 2 aromatic heterocycles. The van der Waals surface area contributed by atoms with E-state index in [1.807, 2.05) is 18.2 Å². The maximum atomic E-state index is 14.8. The van der Waals surface area contributed by atoms with Gasteiger partial charge in [-0.1, -0.05) is 30.3 Å². The van der Waals surface area contributed by atoms with Gasteiger partial charge >= 0.3 is 0 Å². The molecule has 3 N–H and O–H groups in total. The highest BCUT2D eigenvalue weighted by atomic mass is 32.2. The second kappa shape index (κ2) is 13.5.